The number of carboxylic acid groups (broad SMARTS) is 1. The molecule has 0 aliphatic carbocycles. The van der Waals surface area contributed by atoms with Crippen LogP contribution < -0.4 is 16.8 Å². The van der Waals surface area contributed by atoms with Crippen molar-refractivity contribution in [1.29, 1.82) is 0 Å². The lowest BCUT2D eigenvalue weighted by atomic mass is 10.0. The number of rotatable bonds is 10. The number of aromatic nitrogens is 2. The fraction of sp³-hybridized carbons (Fsp3) is 0.273. The predicted molar refractivity (Wildman–Crippen MR) is 142 cm³/mol. The minimum Gasteiger partial charge on any atom is -0.477 e. The second-order valence-corrected chi connectivity index (χ2v) is 11.1. The summed E-state index contributed by atoms with van der Waals surface area (Å²) in [5.41, 5.74) is 11.7. The fourth-order valence-corrected chi connectivity index (χ4v) is 7.11. The third kappa shape index (κ3) is 5.69. The first-order valence-corrected chi connectivity index (χ1v) is 13.9. The van der Waals surface area contributed by atoms with Gasteiger partial charge in [0.25, 0.3) is 11.8 Å². The highest BCUT2D eigenvalue weighted by atomic mass is 32.2. The Hall–Kier alpha value is -3.27. The molecule has 2 aromatic rings. The summed E-state index contributed by atoms with van der Waals surface area (Å²) in [5.74, 6) is -0.749. The normalized spacial score (nSPS) is 19.3. The van der Waals surface area contributed by atoms with Crippen LogP contribution in [0, 0.1) is 0 Å². The molecule has 7 N–H and O–H groups in total. The molecular weight excluding hydrogens is 538 g/mol. The number of carboxylic acids is 1. The van der Waals surface area contributed by atoms with E-state index in [0.717, 1.165) is 16.2 Å². The summed E-state index contributed by atoms with van der Waals surface area (Å²) in [6, 6.07) is 5.29. The number of nitrogens with two attached hydrogens (primary N) is 2. The summed E-state index contributed by atoms with van der Waals surface area (Å²) < 4.78 is 0. The first-order valence-electron chi connectivity index (χ1n) is 10.9. The molecule has 0 radical (unpaired) electrons. The number of nitrogens with zero attached hydrogens (tertiary/aromatic N) is 4. The van der Waals surface area contributed by atoms with Crippen molar-refractivity contribution in [2.24, 2.45) is 10.9 Å². The molecule has 2 unspecified atom stereocenters. The van der Waals surface area contributed by atoms with E-state index in [2.05, 4.69) is 20.4 Å². The Balaban J connectivity index is 1.52. The third-order valence-corrected chi connectivity index (χ3v) is 9.07. The van der Waals surface area contributed by atoms with Gasteiger partial charge in [-0.25, -0.2) is 9.78 Å². The molecule has 12 nitrogen and oxygen atoms in total. The topological polar surface area (TPSA) is 197 Å². The number of aliphatic carboxylic acids is 1. The van der Waals surface area contributed by atoms with Gasteiger partial charge in [-0.15, -0.1) is 11.8 Å². The highest BCUT2D eigenvalue weighted by Gasteiger charge is 2.54. The van der Waals surface area contributed by atoms with Crippen molar-refractivity contribution in [3.63, 3.8) is 0 Å². The average Bonchev–Trinajstić information content (AvgIpc) is 2.88. The standard InChI is InChI=1S/C22H23N7O5S3/c23-5-7-35-9-11-8-25-6-4-13(11)37-14-10-36-21-17(20(31)29(21)18(14)22(32)33)27-19(30)16(28-34)12-2-1-3-15(24)26-12/h1-4,6,8,17,21,34H,5,7,9-10,23H2,(H2,24,26)(H,27,30)(H,32,33)/b28-16-. The number of nitrogen functional groups attached to an aromatic ring is 1. The molecular formula is C22H23N7O5S3. The van der Waals surface area contributed by atoms with Gasteiger partial charge < -0.3 is 27.1 Å². The van der Waals surface area contributed by atoms with Crippen LogP contribution in [0.25, 0.3) is 0 Å². The van der Waals surface area contributed by atoms with E-state index >= 15 is 0 Å². The van der Waals surface area contributed by atoms with Crippen LogP contribution in [0.5, 0.6) is 0 Å². The van der Waals surface area contributed by atoms with E-state index < -0.39 is 34.9 Å². The molecule has 1 saturated heterocycles. The lowest BCUT2D eigenvalue weighted by molar-refractivity contribution is -0.150. The smallest absolute Gasteiger partial charge is 0.353 e. The van der Waals surface area contributed by atoms with E-state index in [-0.39, 0.29) is 17.2 Å². The summed E-state index contributed by atoms with van der Waals surface area (Å²) in [4.78, 5) is 48.7. The van der Waals surface area contributed by atoms with Crippen LogP contribution in [0.15, 0.2) is 57.3 Å². The van der Waals surface area contributed by atoms with Gasteiger partial charge in [0.1, 0.15) is 28.6 Å². The molecule has 4 rings (SSSR count). The van der Waals surface area contributed by atoms with Gasteiger partial charge in [-0.2, -0.15) is 11.8 Å². The first kappa shape index (κ1) is 26.8. The van der Waals surface area contributed by atoms with E-state index in [1.165, 1.54) is 46.6 Å². The maximum atomic E-state index is 13.0. The molecule has 37 heavy (non-hydrogen) atoms. The maximum absolute atomic E-state index is 13.0. The Morgan fingerprint density at radius 2 is 2.14 bits per heavy atom. The second kappa shape index (κ2) is 11.9. The summed E-state index contributed by atoms with van der Waals surface area (Å²) >= 11 is 4.27. The molecule has 0 bridgehead atoms. The molecule has 0 aromatic carbocycles. The number of nitrogens with one attached hydrogen (secondary N) is 1. The summed E-state index contributed by atoms with van der Waals surface area (Å²) in [7, 11) is 0. The highest BCUT2D eigenvalue weighted by Crippen LogP contribution is 2.45. The van der Waals surface area contributed by atoms with Crippen molar-refractivity contribution in [2.75, 3.05) is 23.8 Å². The zero-order chi connectivity index (χ0) is 26.5. The molecule has 2 amide bonds. The van der Waals surface area contributed by atoms with Gasteiger partial charge >= 0.3 is 5.97 Å². The zero-order valence-electron chi connectivity index (χ0n) is 19.2. The monoisotopic (exact) mass is 561 g/mol. The molecule has 4 heterocycles. The number of hydrogen-bond acceptors (Lipinski definition) is 12. The molecule has 1 fully saturated rings. The van der Waals surface area contributed by atoms with Crippen LogP contribution in [0.3, 0.4) is 0 Å². The number of amides is 2. The van der Waals surface area contributed by atoms with Crippen molar-refractivity contribution in [3.05, 3.63) is 58.5 Å². The van der Waals surface area contributed by atoms with Gasteiger partial charge in [0.05, 0.1) is 0 Å². The van der Waals surface area contributed by atoms with Crippen LogP contribution in [-0.4, -0.2) is 78.1 Å². The molecule has 2 aromatic heterocycles. The maximum Gasteiger partial charge on any atom is 0.353 e. The molecule has 2 atom stereocenters. The van der Waals surface area contributed by atoms with Gasteiger partial charge in [-0.05, 0) is 23.8 Å². The minimum atomic E-state index is -1.24. The minimum absolute atomic E-state index is 0.0301. The summed E-state index contributed by atoms with van der Waals surface area (Å²) in [6.45, 7) is 0.552. The zero-order valence-corrected chi connectivity index (χ0v) is 21.7. The Morgan fingerprint density at radius 1 is 1.32 bits per heavy atom. The third-order valence-electron chi connectivity index (χ3n) is 5.36. The average molecular weight is 562 g/mol. The van der Waals surface area contributed by atoms with Crippen molar-refractivity contribution in [2.45, 2.75) is 22.1 Å². The molecule has 0 saturated carbocycles. The molecule has 2 aliphatic heterocycles. The van der Waals surface area contributed by atoms with Gasteiger partial charge in [0, 0.05) is 46.0 Å². The van der Waals surface area contributed by atoms with Crippen LogP contribution in [0.4, 0.5) is 5.82 Å². The van der Waals surface area contributed by atoms with Crippen LogP contribution >= 0.6 is 35.3 Å². The van der Waals surface area contributed by atoms with Gasteiger partial charge in [-0.1, -0.05) is 23.0 Å². The number of anilines is 1. The second-order valence-electron chi connectivity index (χ2n) is 7.76. The quantitative estimate of drug-likeness (QED) is 0.0905. The number of thioether (sulfide) groups is 3. The van der Waals surface area contributed by atoms with Gasteiger partial charge in [0.2, 0.25) is 0 Å². The predicted octanol–water partition coefficient (Wildman–Crippen LogP) is 0.917. The molecule has 15 heteroatoms. The number of carbonyl (C=O) groups is 3. The van der Waals surface area contributed by atoms with Crippen LogP contribution in [0.2, 0.25) is 0 Å². The largest absolute Gasteiger partial charge is 0.477 e. The number of fused-ring (bicyclic) bond motifs is 1. The van der Waals surface area contributed by atoms with Crippen LogP contribution in [-0.2, 0) is 20.1 Å². The van der Waals surface area contributed by atoms with E-state index in [9.17, 15) is 24.7 Å². The van der Waals surface area contributed by atoms with Crippen molar-refractivity contribution in [1.82, 2.24) is 20.2 Å². The summed E-state index contributed by atoms with van der Waals surface area (Å²) in [6.07, 6.45) is 3.37. The number of oxime groups is 1. The van der Waals surface area contributed by atoms with Crippen molar-refractivity contribution >= 4 is 64.6 Å². The molecule has 2 aliphatic rings. The number of carbonyl (C=O) groups excluding carboxylic acids is 2. The van der Waals surface area contributed by atoms with E-state index in [4.69, 9.17) is 11.5 Å². The first-order chi connectivity index (χ1) is 17.8. The highest BCUT2D eigenvalue weighted by molar-refractivity contribution is 8.06. The van der Waals surface area contributed by atoms with E-state index in [0.29, 0.717) is 23.0 Å². The Morgan fingerprint density at radius 3 is 2.84 bits per heavy atom. The number of β-lactam (4-membered cyclic amide) rings is 1. The Kier molecular flexibility index (Phi) is 8.58. The molecule has 0 spiro atoms. The van der Waals surface area contributed by atoms with Gasteiger partial charge in [0.15, 0.2) is 5.71 Å². The number of pyridine rings is 2. The lowest BCUT2D eigenvalue weighted by Crippen LogP contribution is -2.71. The van der Waals surface area contributed by atoms with Crippen LogP contribution in [0.1, 0.15) is 11.3 Å². The van der Waals surface area contributed by atoms with E-state index in [1.54, 1.807) is 24.2 Å². The summed E-state index contributed by atoms with van der Waals surface area (Å²) in [5, 5.41) is 24.3. The number of hydrogen-bond donors (Lipinski definition) is 5. The van der Waals surface area contributed by atoms with Crippen molar-refractivity contribution in [3.8, 4) is 0 Å². The Labute approximate surface area is 224 Å². The fourth-order valence-electron chi connectivity index (χ4n) is 3.70. The Bertz CT molecular complexity index is 1290. The lowest BCUT2D eigenvalue weighted by Gasteiger charge is -2.49. The molecule has 194 valence electrons. The van der Waals surface area contributed by atoms with E-state index in [1.807, 2.05) is 6.07 Å². The van der Waals surface area contributed by atoms with Gasteiger partial charge in [-0.3, -0.25) is 19.5 Å². The SMILES string of the molecule is NCCSCc1cnccc1SC1=C(C(=O)O)N2C(=O)C(NC(=O)/C(=N\O)c3cccc(N)n3)C2SC1. The van der Waals surface area contributed by atoms with Crippen molar-refractivity contribution < 1.29 is 24.7 Å².